The summed E-state index contributed by atoms with van der Waals surface area (Å²) < 4.78 is 7.09. The molecule has 1 N–H and O–H groups in total. The molecule has 0 bridgehead atoms. The van der Waals surface area contributed by atoms with Crippen molar-refractivity contribution in [3.63, 3.8) is 0 Å². The van der Waals surface area contributed by atoms with E-state index in [1.54, 1.807) is 31.4 Å². The number of carbonyl (C=O) groups is 1. The second-order valence-electron chi connectivity index (χ2n) is 7.05. The Morgan fingerprint density at radius 2 is 1.97 bits per heavy atom. The molecule has 0 aliphatic carbocycles. The molecule has 4 aromatic rings. The predicted molar refractivity (Wildman–Crippen MR) is 123 cm³/mol. The molecule has 0 saturated heterocycles. The molecule has 2 aromatic carbocycles. The number of rotatable bonds is 6. The number of methoxy groups -OCH3 is 1. The Morgan fingerprint density at radius 1 is 1.19 bits per heavy atom. The average molecular weight is 435 g/mol. The molecule has 0 saturated carbocycles. The van der Waals surface area contributed by atoms with Crippen molar-refractivity contribution in [1.29, 1.82) is 0 Å². The molecule has 158 valence electrons. The number of amides is 1. The van der Waals surface area contributed by atoms with Gasteiger partial charge < -0.3 is 10.1 Å². The van der Waals surface area contributed by atoms with Crippen LogP contribution < -0.4 is 15.6 Å². The fourth-order valence-electron chi connectivity index (χ4n) is 3.30. The number of thiazole rings is 1. The Labute approximate surface area is 183 Å². The number of ether oxygens (including phenoxy) is 1. The zero-order chi connectivity index (χ0) is 22.0. The average Bonchev–Trinajstić information content (AvgIpc) is 3.18. The van der Waals surface area contributed by atoms with Crippen molar-refractivity contribution >= 4 is 33.1 Å². The highest BCUT2D eigenvalue weighted by molar-refractivity contribution is 7.19. The van der Waals surface area contributed by atoms with Crippen LogP contribution in [0.1, 0.15) is 17.5 Å². The van der Waals surface area contributed by atoms with Crippen LogP contribution in [0.2, 0.25) is 0 Å². The van der Waals surface area contributed by atoms with E-state index in [0.717, 1.165) is 21.7 Å². The SMILES string of the molecule is CCc1ccc(-c2nn(CC(=O)Nc3cccc(OC)c3)c(=O)c3nc(C)sc23)cc1. The monoisotopic (exact) mass is 434 g/mol. The maximum atomic E-state index is 13.0. The van der Waals surface area contributed by atoms with Gasteiger partial charge in [0.15, 0.2) is 5.52 Å². The minimum Gasteiger partial charge on any atom is -0.497 e. The van der Waals surface area contributed by atoms with E-state index in [1.807, 2.05) is 31.2 Å². The van der Waals surface area contributed by atoms with Crippen LogP contribution in [0.3, 0.4) is 0 Å². The predicted octanol–water partition coefficient (Wildman–Crippen LogP) is 4.04. The molecule has 4 rings (SSSR count). The van der Waals surface area contributed by atoms with Gasteiger partial charge in [-0.2, -0.15) is 5.10 Å². The summed E-state index contributed by atoms with van der Waals surface area (Å²) >= 11 is 1.43. The molecule has 0 atom stereocenters. The van der Waals surface area contributed by atoms with Crippen molar-refractivity contribution in [3.8, 4) is 17.0 Å². The summed E-state index contributed by atoms with van der Waals surface area (Å²) in [6.07, 6.45) is 0.937. The Morgan fingerprint density at radius 3 is 2.68 bits per heavy atom. The molecule has 0 radical (unpaired) electrons. The number of aromatic nitrogens is 3. The lowest BCUT2D eigenvalue weighted by Gasteiger charge is -2.10. The minimum absolute atomic E-state index is 0.220. The largest absolute Gasteiger partial charge is 0.497 e. The summed E-state index contributed by atoms with van der Waals surface area (Å²) in [5.74, 6) is 0.270. The van der Waals surface area contributed by atoms with Crippen LogP contribution in [0, 0.1) is 6.92 Å². The third kappa shape index (κ3) is 4.34. The van der Waals surface area contributed by atoms with Gasteiger partial charge in [0.1, 0.15) is 18.0 Å². The van der Waals surface area contributed by atoms with E-state index >= 15 is 0 Å². The normalized spacial score (nSPS) is 10.9. The molecule has 0 aliphatic heterocycles. The molecule has 2 heterocycles. The maximum Gasteiger partial charge on any atom is 0.294 e. The lowest BCUT2D eigenvalue weighted by Crippen LogP contribution is -2.30. The topological polar surface area (TPSA) is 86.1 Å². The second kappa shape index (κ2) is 8.69. The summed E-state index contributed by atoms with van der Waals surface area (Å²) in [5, 5.41) is 8.10. The Kier molecular flexibility index (Phi) is 5.81. The Bertz CT molecular complexity index is 1310. The fourth-order valence-corrected chi connectivity index (χ4v) is 4.22. The summed E-state index contributed by atoms with van der Waals surface area (Å²) in [4.78, 5) is 30.0. The molecular weight excluding hydrogens is 412 g/mol. The van der Waals surface area contributed by atoms with Gasteiger partial charge in [-0.05, 0) is 31.0 Å². The molecule has 0 unspecified atom stereocenters. The first-order chi connectivity index (χ1) is 15.0. The fraction of sp³-hybridized carbons (Fsp3) is 0.217. The smallest absolute Gasteiger partial charge is 0.294 e. The molecule has 0 spiro atoms. The number of benzene rings is 2. The van der Waals surface area contributed by atoms with Gasteiger partial charge in [-0.1, -0.05) is 37.3 Å². The standard InChI is InChI=1S/C23H22N4O3S/c1-4-15-8-10-16(11-9-15)20-22-21(24-14(2)31-22)23(29)27(26-20)13-19(28)25-17-6-5-7-18(12-17)30-3/h5-12H,4,13H2,1-3H3,(H,25,28). The van der Waals surface area contributed by atoms with Gasteiger partial charge in [-0.15, -0.1) is 11.3 Å². The van der Waals surface area contributed by atoms with Gasteiger partial charge in [0.05, 0.1) is 16.8 Å². The number of hydrogen-bond acceptors (Lipinski definition) is 6. The third-order valence-corrected chi connectivity index (χ3v) is 5.87. The zero-order valence-corrected chi connectivity index (χ0v) is 18.3. The lowest BCUT2D eigenvalue weighted by atomic mass is 10.1. The summed E-state index contributed by atoms with van der Waals surface area (Å²) in [6, 6.07) is 15.1. The van der Waals surface area contributed by atoms with Crippen LogP contribution in [0.5, 0.6) is 5.75 Å². The first kappa shape index (κ1) is 20.7. The lowest BCUT2D eigenvalue weighted by molar-refractivity contribution is -0.117. The number of carbonyl (C=O) groups excluding carboxylic acids is 1. The number of nitrogens with one attached hydrogen (secondary N) is 1. The van der Waals surface area contributed by atoms with E-state index in [2.05, 4.69) is 22.3 Å². The van der Waals surface area contributed by atoms with Gasteiger partial charge in [0.2, 0.25) is 5.91 Å². The van der Waals surface area contributed by atoms with E-state index in [0.29, 0.717) is 22.6 Å². The van der Waals surface area contributed by atoms with Gasteiger partial charge >= 0.3 is 0 Å². The van der Waals surface area contributed by atoms with Crippen LogP contribution in [0.4, 0.5) is 5.69 Å². The van der Waals surface area contributed by atoms with Crippen LogP contribution >= 0.6 is 11.3 Å². The van der Waals surface area contributed by atoms with E-state index < -0.39 is 0 Å². The number of fused-ring (bicyclic) bond motifs is 1. The Balaban J connectivity index is 1.71. The maximum absolute atomic E-state index is 13.0. The van der Waals surface area contributed by atoms with Crippen LogP contribution in [-0.4, -0.2) is 27.8 Å². The van der Waals surface area contributed by atoms with Crippen molar-refractivity contribution in [1.82, 2.24) is 14.8 Å². The van der Waals surface area contributed by atoms with Gasteiger partial charge in [-0.25, -0.2) is 9.67 Å². The number of aryl methyl sites for hydroxylation is 2. The molecular formula is C23H22N4O3S. The molecule has 7 nitrogen and oxygen atoms in total. The second-order valence-corrected chi connectivity index (χ2v) is 8.26. The first-order valence-corrected chi connectivity index (χ1v) is 10.7. The first-order valence-electron chi connectivity index (χ1n) is 9.90. The van der Waals surface area contributed by atoms with E-state index in [4.69, 9.17) is 4.74 Å². The minimum atomic E-state index is -0.380. The van der Waals surface area contributed by atoms with Crippen molar-refractivity contribution in [2.24, 2.45) is 0 Å². The highest BCUT2D eigenvalue weighted by Crippen LogP contribution is 2.29. The summed E-state index contributed by atoms with van der Waals surface area (Å²) in [7, 11) is 1.56. The molecule has 1 amide bonds. The van der Waals surface area contributed by atoms with Gasteiger partial charge in [-0.3, -0.25) is 9.59 Å². The van der Waals surface area contributed by atoms with Gasteiger partial charge in [0, 0.05) is 17.3 Å². The third-order valence-electron chi connectivity index (χ3n) is 4.89. The van der Waals surface area contributed by atoms with Crippen molar-refractivity contribution in [2.45, 2.75) is 26.8 Å². The number of anilines is 1. The van der Waals surface area contributed by atoms with Crippen LogP contribution in [0.25, 0.3) is 21.5 Å². The van der Waals surface area contributed by atoms with E-state index in [-0.39, 0.29) is 18.0 Å². The zero-order valence-electron chi connectivity index (χ0n) is 17.5. The van der Waals surface area contributed by atoms with Crippen LogP contribution in [0.15, 0.2) is 53.3 Å². The van der Waals surface area contributed by atoms with Crippen LogP contribution in [-0.2, 0) is 17.8 Å². The number of nitrogens with zero attached hydrogens (tertiary/aromatic N) is 3. The highest BCUT2D eigenvalue weighted by Gasteiger charge is 2.18. The number of hydrogen-bond donors (Lipinski definition) is 1. The summed E-state index contributed by atoms with van der Waals surface area (Å²) in [6.45, 7) is 3.73. The van der Waals surface area contributed by atoms with Gasteiger partial charge in [0.25, 0.3) is 5.56 Å². The summed E-state index contributed by atoms with van der Waals surface area (Å²) in [5.41, 5.74) is 3.28. The molecule has 31 heavy (non-hydrogen) atoms. The van der Waals surface area contributed by atoms with E-state index in [9.17, 15) is 9.59 Å². The molecule has 8 heteroatoms. The Hall–Kier alpha value is -3.52. The van der Waals surface area contributed by atoms with Crippen molar-refractivity contribution in [2.75, 3.05) is 12.4 Å². The highest BCUT2D eigenvalue weighted by atomic mass is 32.1. The molecule has 0 fully saturated rings. The van der Waals surface area contributed by atoms with Crippen molar-refractivity contribution < 1.29 is 9.53 Å². The molecule has 0 aliphatic rings. The van der Waals surface area contributed by atoms with Crippen molar-refractivity contribution in [3.05, 3.63) is 69.5 Å². The quantitative estimate of drug-likeness (QED) is 0.495. The molecule has 2 aromatic heterocycles. The van der Waals surface area contributed by atoms with E-state index in [1.165, 1.54) is 21.6 Å².